The molecule has 0 spiro atoms. The van der Waals surface area contributed by atoms with Crippen LogP contribution in [0.1, 0.15) is 115 Å². The van der Waals surface area contributed by atoms with Crippen LogP contribution >= 0.6 is 0 Å². The van der Waals surface area contributed by atoms with Crippen LogP contribution < -0.4 is 15.4 Å². The van der Waals surface area contributed by atoms with Crippen LogP contribution in [-0.4, -0.2) is 132 Å². The van der Waals surface area contributed by atoms with E-state index >= 15 is 0 Å². The van der Waals surface area contributed by atoms with Crippen LogP contribution in [0, 0.1) is 5.92 Å². The van der Waals surface area contributed by atoms with Gasteiger partial charge in [-0.15, -0.1) is 0 Å². The molecule has 3 saturated heterocycles. The van der Waals surface area contributed by atoms with Crippen molar-refractivity contribution in [3.8, 4) is 0 Å². The number of allylic oxidation sites excluding steroid dienone is 1. The second-order valence-corrected chi connectivity index (χ2v) is 20.0. The number of fused-ring (bicyclic) bond motifs is 3. The zero-order chi connectivity index (χ0) is 42.7. The Balaban J connectivity index is 1.15. The molecule has 7 rings (SSSR count). The maximum atomic E-state index is 14.6. The van der Waals surface area contributed by atoms with E-state index in [0.29, 0.717) is 58.3 Å². The van der Waals surface area contributed by atoms with Gasteiger partial charge in [-0.05, 0) is 103 Å². The molecule has 6 atom stereocenters. The molecule has 4 fully saturated rings. The number of nitrogens with one attached hydrogen (secondary N) is 3. The molecule has 1 aliphatic carbocycles. The highest BCUT2D eigenvalue weighted by Gasteiger charge is 2.62. The second-order valence-electron chi connectivity index (χ2n) is 18.3. The molecule has 60 heavy (non-hydrogen) atoms. The Morgan fingerprint density at radius 3 is 2.40 bits per heavy atom. The summed E-state index contributed by atoms with van der Waals surface area (Å²) < 4.78 is 41.7. The third kappa shape index (κ3) is 10.3. The van der Waals surface area contributed by atoms with Gasteiger partial charge in [-0.25, -0.2) is 14.3 Å². The Hall–Kier alpha value is -4.22. The summed E-state index contributed by atoms with van der Waals surface area (Å²) in [6.45, 7) is 8.67. The average molecular weight is 854 g/mol. The van der Waals surface area contributed by atoms with Crippen LogP contribution in [0.3, 0.4) is 0 Å². The van der Waals surface area contributed by atoms with E-state index in [2.05, 4.69) is 32.4 Å². The van der Waals surface area contributed by atoms with E-state index in [1.165, 1.54) is 21.2 Å². The Kier molecular flexibility index (Phi) is 13.5. The normalized spacial score (nSPS) is 30.1. The maximum absolute atomic E-state index is 14.6. The lowest BCUT2D eigenvalue weighted by atomic mass is 9.92. The summed E-state index contributed by atoms with van der Waals surface area (Å²) in [6, 6.07) is 5.69. The van der Waals surface area contributed by atoms with Gasteiger partial charge in [0.2, 0.25) is 11.8 Å². The van der Waals surface area contributed by atoms with Crippen molar-refractivity contribution < 1.29 is 41.9 Å². The van der Waals surface area contributed by atoms with Crippen molar-refractivity contribution in [3.05, 3.63) is 47.5 Å². The summed E-state index contributed by atoms with van der Waals surface area (Å²) in [7, 11) is -4.15. The van der Waals surface area contributed by atoms with E-state index in [4.69, 9.17) is 9.47 Å². The number of rotatable bonds is 7. The van der Waals surface area contributed by atoms with Gasteiger partial charge >= 0.3 is 22.4 Å². The topological polar surface area (TPSA) is 187 Å². The van der Waals surface area contributed by atoms with Crippen LogP contribution in [0.2, 0.25) is 0 Å². The molecule has 17 heteroatoms. The van der Waals surface area contributed by atoms with Crippen LogP contribution in [0.5, 0.6) is 0 Å². The summed E-state index contributed by atoms with van der Waals surface area (Å²) >= 11 is 0. The molecule has 5 aliphatic heterocycles. The number of hydrogen-bond acceptors (Lipinski definition) is 10. The van der Waals surface area contributed by atoms with Crippen molar-refractivity contribution in [1.29, 1.82) is 0 Å². The predicted octanol–water partition coefficient (Wildman–Crippen LogP) is 3.92. The first-order chi connectivity index (χ1) is 28.6. The van der Waals surface area contributed by atoms with Gasteiger partial charge < -0.3 is 29.9 Å². The summed E-state index contributed by atoms with van der Waals surface area (Å²) in [6.07, 6.45) is 10.2. The Bertz CT molecular complexity index is 1910. The van der Waals surface area contributed by atoms with Crippen molar-refractivity contribution in [2.24, 2.45) is 5.92 Å². The molecule has 330 valence electrons. The highest BCUT2D eigenvalue weighted by atomic mass is 32.2. The fourth-order valence-electron chi connectivity index (χ4n) is 9.48. The number of piperidine rings is 1. The number of hydrogen-bond donors (Lipinski definition) is 3. The van der Waals surface area contributed by atoms with Gasteiger partial charge in [0, 0.05) is 38.5 Å². The molecule has 3 N–H and O–H groups in total. The van der Waals surface area contributed by atoms with Gasteiger partial charge in [-0.3, -0.25) is 19.3 Å². The lowest BCUT2D eigenvalue weighted by Gasteiger charge is -2.40. The van der Waals surface area contributed by atoms with Gasteiger partial charge in [0.15, 0.2) is 0 Å². The molecular formula is C43H63N7O9S. The van der Waals surface area contributed by atoms with E-state index in [-0.39, 0.29) is 31.8 Å². The minimum absolute atomic E-state index is 0.0615. The fourth-order valence-corrected chi connectivity index (χ4v) is 10.8. The van der Waals surface area contributed by atoms with E-state index in [1.807, 2.05) is 24.3 Å². The molecule has 16 nitrogen and oxygen atoms in total. The van der Waals surface area contributed by atoms with E-state index in [9.17, 15) is 32.4 Å². The van der Waals surface area contributed by atoms with Gasteiger partial charge in [0.1, 0.15) is 29.3 Å². The highest BCUT2D eigenvalue weighted by molar-refractivity contribution is 7.87. The minimum Gasteiger partial charge on any atom is -0.444 e. The molecule has 1 unspecified atom stereocenters. The van der Waals surface area contributed by atoms with Crippen LogP contribution in [0.4, 0.5) is 9.59 Å². The predicted molar refractivity (Wildman–Crippen MR) is 223 cm³/mol. The van der Waals surface area contributed by atoms with Crippen molar-refractivity contribution in [3.63, 3.8) is 0 Å². The van der Waals surface area contributed by atoms with E-state index in [1.54, 1.807) is 25.7 Å². The number of carbonyl (C=O) groups is 5. The molecule has 0 radical (unpaired) electrons. The molecule has 1 saturated carbocycles. The first kappa shape index (κ1) is 43.9. The number of nitrogens with zero attached hydrogens (tertiary/aromatic N) is 4. The fraction of sp³-hybridized carbons (Fsp3) is 0.698. The van der Waals surface area contributed by atoms with Gasteiger partial charge in [0.25, 0.3) is 5.91 Å². The summed E-state index contributed by atoms with van der Waals surface area (Å²) in [5.41, 5.74) is -0.117. The quantitative estimate of drug-likeness (QED) is 0.340. The van der Waals surface area contributed by atoms with E-state index in [0.717, 1.165) is 44.3 Å². The van der Waals surface area contributed by atoms with Gasteiger partial charge in [-0.1, -0.05) is 55.7 Å². The number of alkyl carbamates (subject to hydrolysis) is 1. The summed E-state index contributed by atoms with van der Waals surface area (Å²) in [5, 5.41) is 5.63. The third-order valence-electron chi connectivity index (χ3n) is 12.8. The van der Waals surface area contributed by atoms with Crippen molar-refractivity contribution >= 4 is 40.1 Å². The van der Waals surface area contributed by atoms with Gasteiger partial charge in [0.05, 0.1) is 12.6 Å². The van der Waals surface area contributed by atoms with Crippen LogP contribution in [0.25, 0.3) is 0 Å². The lowest BCUT2D eigenvalue weighted by Crippen LogP contribution is -2.59. The average Bonchev–Trinajstić information content (AvgIpc) is 3.50. The Morgan fingerprint density at radius 1 is 0.933 bits per heavy atom. The van der Waals surface area contributed by atoms with Crippen LogP contribution in [-0.2, 0) is 40.5 Å². The van der Waals surface area contributed by atoms with Crippen molar-refractivity contribution in [2.75, 3.05) is 45.8 Å². The molecule has 1 aromatic carbocycles. The molecule has 5 amide bonds. The second kappa shape index (κ2) is 18.4. The monoisotopic (exact) mass is 853 g/mol. The number of carbonyl (C=O) groups excluding carboxylic acids is 5. The zero-order valence-electron chi connectivity index (χ0n) is 35.4. The highest BCUT2D eigenvalue weighted by Crippen LogP contribution is 2.46. The third-order valence-corrected chi connectivity index (χ3v) is 14.2. The Labute approximate surface area is 354 Å². The first-order valence-electron chi connectivity index (χ1n) is 22.0. The summed E-state index contributed by atoms with van der Waals surface area (Å²) in [5.74, 6) is -2.52. The number of benzene rings is 1. The lowest BCUT2D eigenvalue weighted by molar-refractivity contribution is -0.141. The van der Waals surface area contributed by atoms with Crippen LogP contribution in [0.15, 0.2) is 36.4 Å². The maximum Gasteiger partial charge on any atom is 0.410 e. The molecule has 0 aromatic heterocycles. The smallest absolute Gasteiger partial charge is 0.410 e. The summed E-state index contributed by atoms with van der Waals surface area (Å²) in [4.78, 5) is 76.1. The molecular weight excluding hydrogens is 791 g/mol. The van der Waals surface area contributed by atoms with Crippen molar-refractivity contribution in [1.82, 2.24) is 34.4 Å². The van der Waals surface area contributed by atoms with Gasteiger partial charge in [-0.2, -0.15) is 12.7 Å². The molecule has 1 aromatic rings. The van der Waals surface area contributed by atoms with E-state index < -0.39 is 75.4 Å². The number of amides is 5. The largest absolute Gasteiger partial charge is 0.444 e. The minimum atomic E-state index is -4.15. The molecule has 0 bridgehead atoms. The SMILES string of the molecule is CC(C)(C)OC(=O)N[C@H]1CCCCC/C=C/[C@@H]2C[C@@]2(C(=O)NS(=O)(=O)N2CCCC2)NC(=O)C2C[C@@H](OC(=O)N3CCc4ccccc4[C@H]3CN3CCCCC3)CN2C1=O. The number of likely N-dealkylation sites (tertiary alicyclic amines) is 1. The zero-order valence-corrected chi connectivity index (χ0v) is 36.2. The standard InChI is InChI=1S/C43H63N7O9S/c1-42(2,3)59-40(54)44-34-19-9-6-4-5-8-17-31-27-43(31,39(53)46-60(56,57)48-23-14-15-24-48)45-37(51)35-26-32(28-50(35)38(34)52)58-41(55)49-25-20-30-16-10-11-18-33(30)36(49)29-47-21-12-7-13-22-47/h8,10-11,16-18,31-32,34-36H,4-7,9,12-15,19-29H2,1-3H3,(H,44,54)(H,45,51)(H,46,53)/b17-8+/t31-,32-,34+,35?,36-,43-/m1/s1. The molecule has 5 heterocycles. The Morgan fingerprint density at radius 2 is 1.65 bits per heavy atom. The first-order valence-corrected chi connectivity index (χ1v) is 23.5. The van der Waals surface area contributed by atoms with Crippen molar-refractivity contribution in [2.45, 2.75) is 140 Å². The molecule has 6 aliphatic rings. The number of ether oxygens (including phenoxy) is 2.